The molecule has 0 aromatic rings. The Morgan fingerprint density at radius 1 is 1.37 bits per heavy atom. The molecule has 0 aromatic heterocycles. The largest absolute Gasteiger partial charge is 0.336 e. The lowest BCUT2D eigenvalue weighted by molar-refractivity contribution is 0.166. The van der Waals surface area contributed by atoms with Crippen LogP contribution in [0.15, 0.2) is 0 Å². The Balaban J connectivity index is 1.75. The Morgan fingerprint density at radius 2 is 2.21 bits per heavy atom. The van der Waals surface area contributed by atoms with Crippen LogP contribution in [0.5, 0.6) is 0 Å². The number of amides is 2. The third kappa shape index (κ3) is 4.10. The van der Waals surface area contributed by atoms with E-state index in [1.165, 1.54) is 25.7 Å². The summed E-state index contributed by atoms with van der Waals surface area (Å²) in [6.07, 6.45) is 6.17. The van der Waals surface area contributed by atoms with Gasteiger partial charge in [0, 0.05) is 25.7 Å². The van der Waals surface area contributed by atoms with Gasteiger partial charge in [-0.2, -0.15) is 0 Å². The van der Waals surface area contributed by atoms with E-state index in [1.54, 1.807) is 0 Å². The molecule has 2 heterocycles. The maximum absolute atomic E-state index is 12.2. The second kappa shape index (κ2) is 7.13. The Bertz CT molecular complexity index is 295. The number of piperidine rings is 2. The van der Waals surface area contributed by atoms with Crippen LogP contribution >= 0.6 is 0 Å². The minimum Gasteiger partial charge on any atom is -0.336 e. The van der Waals surface area contributed by atoms with E-state index >= 15 is 0 Å². The molecule has 2 fully saturated rings. The zero-order chi connectivity index (χ0) is 13.7. The molecule has 3 unspecified atom stereocenters. The third-order valence-corrected chi connectivity index (χ3v) is 4.67. The highest BCUT2D eigenvalue weighted by molar-refractivity contribution is 5.74. The highest BCUT2D eigenvalue weighted by Crippen LogP contribution is 2.19. The van der Waals surface area contributed by atoms with Gasteiger partial charge in [-0.3, -0.25) is 0 Å². The molecule has 2 saturated heterocycles. The molecule has 4 heteroatoms. The Hall–Kier alpha value is -0.770. The molecule has 3 atom stereocenters. The van der Waals surface area contributed by atoms with Crippen molar-refractivity contribution in [2.24, 2.45) is 11.8 Å². The van der Waals surface area contributed by atoms with Crippen molar-refractivity contribution in [2.75, 3.05) is 26.2 Å². The van der Waals surface area contributed by atoms with Crippen molar-refractivity contribution in [3.05, 3.63) is 0 Å². The van der Waals surface area contributed by atoms with Crippen LogP contribution in [-0.4, -0.2) is 43.2 Å². The van der Waals surface area contributed by atoms with Crippen molar-refractivity contribution in [3.63, 3.8) is 0 Å². The van der Waals surface area contributed by atoms with Crippen LogP contribution in [0.4, 0.5) is 4.79 Å². The van der Waals surface area contributed by atoms with Crippen LogP contribution in [0, 0.1) is 11.8 Å². The fourth-order valence-electron chi connectivity index (χ4n) is 3.43. The summed E-state index contributed by atoms with van der Waals surface area (Å²) in [5.41, 5.74) is 0. The van der Waals surface area contributed by atoms with E-state index in [4.69, 9.17) is 0 Å². The van der Waals surface area contributed by atoms with E-state index in [0.29, 0.717) is 17.9 Å². The third-order valence-electron chi connectivity index (χ3n) is 4.67. The van der Waals surface area contributed by atoms with E-state index in [-0.39, 0.29) is 6.03 Å². The topological polar surface area (TPSA) is 44.4 Å². The standard InChI is InChI=1S/C15H29N3O/c1-3-13-7-4-8-16-14(13)10-17-15(19)18-9-5-6-12(2)11-18/h12-14,16H,3-11H2,1-2H3,(H,17,19). The number of urea groups is 1. The van der Waals surface area contributed by atoms with E-state index in [9.17, 15) is 4.79 Å². The summed E-state index contributed by atoms with van der Waals surface area (Å²) in [4.78, 5) is 14.2. The van der Waals surface area contributed by atoms with Gasteiger partial charge in [-0.15, -0.1) is 0 Å². The summed E-state index contributed by atoms with van der Waals surface area (Å²) in [5.74, 6) is 1.37. The lowest BCUT2D eigenvalue weighted by atomic mass is 9.89. The van der Waals surface area contributed by atoms with Gasteiger partial charge in [0.05, 0.1) is 0 Å². The van der Waals surface area contributed by atoms with Gasteiger partial charge in [-0.05, 0) is 44.1 Å². The quantitative estimate of drug-likeness (QED) is 0.823. The number of nitrogens with zero attached hydrogens (tertiary/aromatic N) is 1. The maximum atomic E-state index is 12.2. The number of hydrogen-bond acceptors (Lipinski definition) is 2. The van der Waals surface area contributed by atoms with Crippen molar-refractivity contribution in [1.29, 1.82) is 0 Å². The molecule has 2 aliphatic rings. The van der Waals surface area contributed by atoms with Crippen molar-refractivity contribution in [3.8, 4) is 0 Å². The maximum Gasteiger partial charge on any atom is 0.317 e. The fraction of sp³-hybridized carbons (Fsp3) is 0.933. The summed E-state index contributed by atoms with van der Waals surface area (Å²) in [5, 5.41) is 6.69. The number of nitrogens with one attached hydrogen (secondary N) is 2. The molecule has 110 valence electrons. The molecular weight excluding hydrogens is 238 g/mol. The average molecular weight is 267 g/mol. The van der Waals surface area contributed by atoms with Crippen LogP contribution in [0.2, 0.25) is 0 Å². The Morgan fingerprint density at radius 3 is 2.95 bits per heavy atom. The summed E-state index contributed by atoms with van der Waals surface area (Å²) in [6, 6.07) is 0.596. The molecule has 0 saturated carbocycles. The molecule has 0 radical (unpaired) electrons. The number of carbonyl (C=O) groups is 1. The molecule has 2 N–H and O–H groups in total. The van der Waals surface area contributed by atoms with Gasteiger partial charge in [-0.1, -0.05) is 20.3 Å². The van der Waals surface area contributed by atoms with Crippen molar-refractivity contribution in [1.82, 2.24) is 15.5 Å². The molecule has 2 rings (SSSR count). The van der Waals surface area contributed by atoms with Crippen LogP contribution in [0.25, 0.3) is 0 Å². The minimum atomic E-state index is 0.133. The molecule has 2 aliphatic heterocycles. The van der Waals surface area contributed by atoms with Crippen LogP contribution in [-0.2, 0) is 0 Å². The zero-order valence-electron chi connectivity index (χ0n) is 12.5. The predicted octanol–water partition coefficient (Wildman–Crippen LogP) is 2.21. The van der Waals surface area contributed by atoms with Crippen LogP contribution in [0.3, 0.4) is 0 Å². The van der Waals surface area contributed by atoms with Gasteiger partial charge in [0.2, 0.25) is 0 Å². The summed E-state index contributed by atoms with van der Waals surface area (Å²) >= 11 is 0. The first-order valence-electron chi connectivity index (χ1n) is 7.97. The van der Waals surface area contributed by atoms with Crippen molar-refractivity contribution < 1.29 is 4.79 Å². The van der Waals surface area contributed by atoms with Crippen molar-refractivity contribution >= 4 is 6.03 Å². The lowest BCUT2D eigenvalue weighted by Crippen LogP contribution is -2.52. The molecule has 4 nitrogen and oxygen atoms in total. The summed E-state index contributed by atoms with van der Waals surface area (Å²) in [7, 11) is 0. The smallest absolute Gasteiger partial charge is 0.317 e. The van der Waals surface area contributed by atoms with Gasteiger partial charge < -0.3 is 15.5 Å². The Kier molecular flexibility index (Phi) is 5.49. The molecule has 0 spiro atoms. The first kappa shape index (κ1) is 14.6. The molecular formula is C15H29N3O. The lowest BCUT2D eigenvalue weighted by Gasteiger charge is -2.34. The zero-order valence-corrected chi connectivity index (χ0v) is 12.5. The average Bonchev–Trinajstić information content (AvgIpc) is 2.45. The van der Waals surface area contributed by atoms with Gasteiger partial charge in [0.25, 0.3) is 0 Å². The van der Waals surface area contributed by atoms with Crippen LogP contribution in [0.1, 0.15) is 46.0 Å². The first-order valence-corrected chi connectivity index (χ1v) is 7.97. The SMILES string of the molecule is CCC1CCCNC1CNC(=O)N1CCCC(C)C1. The minimum absolute atomic E-state index is 0.133. The first-order chi connectivity index (χ1) is 9.20. The second-order valence-electron chi connectivity index (χ2n) is 6.25. The molecule has 2 amide bonds. The number of likely N-dealkylation sites (tertiary alicyclic amines) is 1. The number of rotatable bonds is 3. The molecule has 0 aromatic carbocycles. The fourth-order valence-corrected chi connectivity index (χ4v) is 3.43. The highest BCUT2D eigenvalue weighted by atomic mass is 16.2. The van der Waals surface area contributed by atoms with E-state index in [1.807, 2.05) is 4.90 Å². The van der Waals surface area contributed by atoms with Crippen molar-refractivity contribution in [2.45, 2.75) is 52.0 Å². The Labute approximate surface area is 117 Å². The number of hydrogen-bond donors (Lipinski definition) is 2. The summed E-state index contributed by atoms with van der Waals surface area (Å²) in [6.45, 7) is 8.20. The highest BCUT2D eigenvalue weighted by Gasteiger charge is 2.25. The van der Waals surface area contributed by atoms with E-state index in [0.717, 1.165) is 32.6 Å². The molecule has 0 bridgehead atoms. The second-order valence-corrected chi connectivity index (χ2v) is 6.25. The van der Waals surface area contributed by atoms with Gasteiger partial charge in [-0.25, -0.2) is 4.79 Å². The molecule has 0 aliphatic carbocycles. The van der Waals surface area contributed by atoms with E-state index < -0.39 is 0 Å². The monoisotopic (exact) mass is 267 g/mol. The predicted molar refractivity (Wildman–Crippen MR) is 78.2 cm³/mol. The van der Waals surface area contributed by atoms with Crippen LogP contribution < -0.4 is 10.6 Å². The number of carbonyl (C=O) groups excluding carboxylic acids is 1. The van der Waals surface area contributed by atoms with Gasteiger partial charge >= 0.3 is 6.03 Å². The normalized spacial score (nSPS) is 32.1. The van der Waals surface area contributed by atoms with E-state index in [2.05, 4.69) is 24.5 Å². The summed E-state index contributed by atoms with van der Waals surface area (Å²) < 4.78 is 0. The molecule has 19 heavy (non-hydrogen) atoms. The van der Waals surface area contributed by atoms with Gasteiger partial charge in [0.1, 0.15) is 0 Å². The van der Waals surface area contributed by atoms with Gasteiger partial charge in [0.15, 0.2) is 0 Å².